The maximum atomic E-state index is 6.15. The van der Waals surface area contributed by atoms with Crippen LogP contribution in [0.25, 0.3) is 0 Å². The van der Waals surface area contributed by atoms with Crippen molar-refractivity contribution in [3.63, 3.8) is 0 Å². The zero-order valence-corrected chi connectivity index (χ0v) is 12.7. The Balaban J connectivity index is 2.01. The van der Waals surface area contributed by atoms with E-state index in [1.165, 1.54) is 11.3 Å². The molecule has 2 aromatic rings. The van der Waals surface area contributed by atoms with Gasteiger partial charge in [0.15, 0.2) is 0 Å². The third kappa shape index (κ3) is 3.59. The fourth-order valence-electron chi connectivity index (χ4n) is 1.57. The van der Waals surface area contributed by atoms with Crippen LogP contribution in [0.5, 0.6) is 0 Å². The number of hydrogen-bond acceptors (Lipinski definition) is 3. The first-order valence-corrected chi connectivity index (χ1v) is 7.30. The van der Waals surface area contributed by atoms with Gasteiger partial charge in [-0.05, 0) is 24.6 Å². The van der Waals surface area contributed by atoms with E-state index in [0.717, 1.165) is 10.6 Å². The van der Waals surface area contributed by atoms with Crippen molar-refractivity contribution in [2.75, 3.05) is 0 Å². The summed E-state index contributed by atoms with van der Waals surface area (Å²) in [5, 5.41) is 5.61. The van der Waals surface area contributed by atoms with Crippen molar-refractivity contribution in [3.8, 4) is 0 Å². The Morgan fingerprint density at radius 3 is 2.72 bits per heavy atom. The maximum absolute atomic E-state index is 6.15. The summed E-state index contributed by atoms with van der Waals surface area (Å²) in [7, 11) is 0. The fourth-order valence-corrected chi connectivity index (χ4v) is 3.05. The third-order valence-electron chi connectivity index (χ3n) is 2.51. The van der Waals surface area contributed by atoms with Crippen molar-refractivity contribution in [1.82, 2.24) is 10.3 Å². The summed E-state index contributed by atoms with van der Waals surface area (Å²) < 4.78 is 0.698. The predicted octanol–water partition coefficient (Wildman–Crippen LogP) is 4.95. The minimum atomic E-state index is 0.123. The molecule has 1 aromatic heterocycles. The molecule has 0 saturated carbocycles. The van der Waals surface area contributed by atoms with Gasteiger partial charge in [-0.25, -0.2) is 4.98 Å². The van der Waals surface area contributed by atoms with Crippen molar-refractivity contribution in [3.05, 3.63) is 49.3 Å². The molecular weight excluding hydrogens is 311 g/mol. The molecule has 1 unspecified atom stereocenters. The quantitative estimate of drug-likeness (QED) is 0.861. The fraction of sp³-hybridized carbons (Fsp3) is 0.250. The summed E-state index contributed by atoms with van der Waals surface area (Å²) in [6.45, 7) is 2.71. The molecule has 0 radical (unpaired) electrons. The monoisotopic (exact) mass is 320 g/mol. The Kier molecular flexibility index (Phi) is 4.87. The lowest BCUT2D eigenvalue weighted by molar-refractivity contribution is 0.573. The molecule has 1 atom stereocenters. The normalized spacial score (nSPS) is 12.7. The van der Waals surface area contributed by atoms with Crippen molar-refractivity contribution in [1.29, 1.82) is 0 Å². The standard InChI is InChI=1S/C12H11Cl3N2S/c1-7(9-3-2-8(13)4-10(9)14)16-6-12-17-5-11(15)18-12/h2-5,7,16H,6H2,1H3. The van der Waals surface area contributed by atoms with Gasteiger partial charge >= 0.3 is 0 Å². The Bertz CT molecular complexity index is 542. The number of benzene rings is 1. The van der Waals surface area contributed by atoms with E-state index in [4.69, 9.17) is 34.8 Å². The molecule has 96 valence electrons. The Morgan fingerprint density at radius 1 is 1.33 bits per heavy atom. The topological polar surface area (TPSA) is 24.9 Å². The van der Waals surface area contributed by atoms with Crippen LogP contribution in [-0.2, 0) is 6.54 Å². The molecule has 0 aliphatic carbocycles. The van der Waals surface area contributed by atoms with Crippen LogP contribution in [0.2, 0.25) is 14.4 Å². The number of rotatable bonds is 4. The van der Waals surface area contributed by atoms with Crippen molar-refractivity contribution in [2.24, 2.45) is 0 Å². The second-order valence-electron chi connectivity index (χ2n) is 3.83. The highest BCUT2D eigenvalue weighted by atomic mass is 35.5. The van der Waals surface area contributed by atoms with Crippen LogP contribution >= 0.6 is 46.1 Å². The van der Waals surface area contributed by atoms with Gasteiger partial charge in [-0.15, -0.1) is 11.3 Å². The summed E-state index contributed by atoms with van der Waals surface area (Å²) in [4.78, 5) is 4.19. The molecule has 2 rings (SSSR count). The average molecular weight is 322 g/mol. The van der Waals surface area contributed by atoms with Gasteiger partial charge < -0.3 is 5.32 Å². The Labute approximate surface area is 125 Å². The molecule has 0 fully saturated rings. The number of thiazole rings is 1. The van der Waals surface area contributed by atoms with Gasteiger partial charge in [-0.1, -0.05) is 40.9 Å². The van der Waals surface area contributed by atoms with Crippen LogP contribution < -0.4 is 5.32 Å². The second-order valence-corrected chi connectivity index (χ2v) is 6.42. The van der Waals surface area contributed by atoms with Gasteiger partial charge in [0.25, 0.3) is 0 Å². The van der Waals surface area contributed by atoms with Gasteiger partial charge in [0.05, 0.1) is 6.20 Å². The zero-order chi connectivity index (χ0) is 13.1. The van der Waals surface area contributed by atoms with E-state index in [9.17, 15) is 0 Å². The van der Waals surface area contributed by atoms with Gasteiger partial charge in [-0.2, -0.15) is 0 Å². The molecule has 2 nitrogen and oxygen atoms in total. The minimum Gasteiger partial charge on any atom is -0.304 e. The smallest absolute Gasteiger partial charge is 0.113 e. The lowest BCUT2D eigenvalue weighted by Crippen LogP contribution is -2.18. The van der Waals surface area contributed by atoms with E-state index in [2.05, 4.69) is 10.3 Å². The van der Waals surface area contributed by atoms with Crippen LogP contribution in [-0.4, -0.2) is 4.98 Å². The van der Waals surface area contributed by atoms with Gasteiger partial charge in [0, 0.05) is 22.6 Å². The summed E-state index contributed by atoms with van der Waals surface area (Å²) >= 11 is 19.3. The lowest BCUT2D eigenvalue weighted by Gasteiger charge is -2.15. The summed E-state index contributed by atoms with van der Waals surface area (Å²) in [6.07, 6.45) is 1.66. The van der Waals surface area contributed by atoms with E-state index < -0.39 is 0 Å². The van der Waals surface area contributed by atoms with E-state index in [1.807, 2.05) is 19.1 Å². The summed E-state index contributed by atoms with van der Waals surface area (Å²) in [6, 6.07) is 5.63. The zero-order valence-electron chi connectivity index (χ0n) is 9.58. The van der Waals surface area contributed by atoms with Gasteiger partial charge in [0.1, 0.15) is 9.34 Å². The highest BCUT2D eigenvalue weighted by Gasteiger charge is 2.10. The molecule has 0 spiro atoms. The number of hydrogen-bond donors (Lipinski definition) is 1. The first-order chi connectivity index (χ1) is 8.56. The highest BCUT2D eigenvalue weighted by molar-refractivity contribution is 7.15. The molecule has 6 heteroatoms. The Morgan fingerprint density at radius 2 is 2.11 bits per heavy atom. The van der Waals surface area contributed by atoms with Gasteiger partial charge in [-0.3, -0.25) is 0 Å². The van der Waals surface area contributed by atoms with Crippen LogP contribution in [0, 0.1) is 0 Å². The van der Waals surface area contributed by atoms with Crippen molar-refractivity contribution in [2.45, 2.75) is 19.5 Å². The average Bonchev–Trinajstić information content (AvgIpc) is 2.72. The van der Waals surface area contributed by atoms with Crippen LogP contribution in [0.4, 0.5) is 0 Å². The van der Waals surface area contributed by atoms with E-state index in [0.29, 0.717) is 20.9 Å². The number of nitrogens with zero attached hydrogens (tertiary/aromatic N) is 1. The van der Waals surface area contributed by atoms with Crippen LogP contribution in [0.1, 0.15) is 23.5 Å². The van der Waals surface area contributed by atoms with Gasteiger partial charge in [0.2, 0.25) is 0 Å². The van der Waals surface area contributed by atoms with E-state index in [-0.39, 0.29) is 6.04 Å². The molecule has 1 N–H and O–H groups in total. The summed E-state index contributed by atoms with van der Waals surface area (Å²) in [5.41, 5.74) is 1.02. The highest BCUT2D eigenvalue weighted by Crippen LogP contribution is 2.26. The first kappa shape index (κ1) is 14.1. The number of aromatic nitrogens is 1. The van der Waals surface area contributed by atoms with E-state index in [1.54, 1.807) is 12.3 Å². The SMILES string of the molecule is CC(NCc1ncc(Cl)s1)c1ccc(Cl)cc1Cl. The number of halogens is 3. The second kappa shape index (κ2) is 6.22. The summed E-state index contributed by atoms with van der Waals surface area (Å²) in [5.74, 6) is 0. The molecule has 1 aromatic carbocycles. The molecular formula is C12H11Cl3N2S. The molecule has 0 aliphatic rings. The molecule has 1 heterocycles. The molecule has 18 heavy (non-hydrogen) atoms. The molecule has 0 amide bonds. The largest absolute Gasteiger partial charge is 0.304 e. The Hall–Kier alpha value is -0.320. The van der Waals surface area contributed by atoms with Crippen molar-refractivity contribution >= 4 is 46.1 Å². The molecule has 0 aliphatic heterocycles. The lowest BCUT2D eigenvalue weighted by atomic mass is 10.1. The minimum absolute atomic E-state index is 0.123. The maximum Gasteiger partial charge on any atom is 0.113 e. The first-order valence-electron chi connectivity index (χ1n) is 5.35. The third-order valence-corrected chi connectivity index (χ3v) is 4.19. The number of nitrogens with one attached hydrogen (secondary N) is 1. The van der Waals surface area contributed by atoms with Crippen LogP contribution in [0.15, 0.2) is 24.4 Å². The molecule has 0 saturated heterocycles. The van der Waals surface area contributed by atoms with Crippen molar-refractivity contribution < 1.29 is 0 Å². The predicted molar refractivity (Wildman–Crippen MR) is 78.8 cm³/mol. The van der Waals surface area contributed by atoms with E-state index >= 15 is 0 Å². The van der Waals surface area contributed by atoms with Crippen LogP contribution in [0.3, 0.4) is 0 Å². The molecule has 0 bridgehead atoms.